The van der Waals surface area contributed by atoms with Crippen LogP contribution in [0.25, 0.3) is 0 Å². The van der Waals surface area contributed by atoms with Crippen LogP contribution in [0.2, 0.25) is 0 Å². The standard InChI is InChI=1S/C7H12ClN3/c8-7(6(10)4-9)11-5-2-1-3-5/h4-5H,1-3,9-10H2. The Balaban J connectivity index is 2.50. The van der Waals surface area contributed by atoms with E-state index in [9.17, 15) is 0 Å². The molecule has 0 aromatic heterocycles. The van der Waals surface area contributed by atoms with Gasteiger partial charge in [-0.05, 0) is 19.3 Å². The van der Waals surface area contributed by atoms with Gasteiger partial charge < -0.3 is 11.5 Å². The first kappa shape index (κ1) is 8.40. The van der Waals surface area contributed by atoms with E-state index in [1.54, 1.807) is 0 Å². The first-order chi connectivity index (χ1) is 5.24. The van der Waals surface area contributed by atoms with Gasteiger partial charge in [-0.25, -0.2) is 0 Å². The molecule has 1 aliphatic carbocycles. The molecule has 11 heavy (non-hydrogen) atoms. The first-order valence-electron chi connectivity index (χ1n) is 3.65. The van der Waals surface area contributed by atoms with Crippen LogP contribution >= 0.6 is 11.6 Å². The molecule has 1 aliphatic rings. The van der Waals surface area contributed by atoms with E-state index in [4.69, 9.17) is 23.1 Å². The van der Waals surface area contributed by atoms with Crippen LogP contribution in [0, 0.1) is 0 Å². The number of halogens is 1. The summed E-state index contributed by atoms with van der Waals surface area (Å²) >= 11 is 5.72. The summed E-state index contributed by atoms with van der Waals surface area (Å²) in [5.41, 5.74) is 10.9. The molecule has 0 spiro atoms. The zero-order valence-electron chi connectivity index (χ0n) is 6.26. The largest absolute Gasteiger partial charge is 0.403 e. The SMILES string of the molecule is NC=C(N)C(Cl)=NC1CCC1. The molecule has 0 aliphatic heterocycles. The van der Waals surface area contributed by atoms with Gasteiger partial charge in [0.1, 0.15) is 5.17 Å². The van der Waals surface area contributed by atoms with Gasteiger partial charge in [0.15, 0.2) is 0 Å². The molecule has 1 rings (SSSR count). The Morgan fingerprint density at radius 1 is 1.55 bits per heavy atom. The predicted molar refractivity (Wildman–Crippen MR) is 47.4 cm³/mol. The normalized spacial score (nSPS) is 21.5. The third-order valence-corrected chi connectivity index (χ3v) is 2.10. The molecule has 0 radical (unpaired) electrons. The van der Waals surface area contributed by atoms with Crippen LogP contribution in [0.5, 0.6) is 0 Å². The van der Waals surface area contributed by atoms with Crippen LogP contribution in [0.3, 0.4) is 0 Å². The maximum absolute atomic E-state index is 5.72. The van der Waals surface area contributed by atoms with Crippen molar-refractivity contribution in [2.24, 2.45) is 16.5 Å². The molecule has 3 nitrogen and oxygen atoms in total. The number of nitrogens with two attached hydrogens (primary N) is 2. The molecule has 0 amide bonds. The van der Waals surface area contributed by atoms with Crippen molar-refractivity contribution in [1.29, 1.82) is 0 Å². The lowest BCUT2D eigenvalue weighted by atomic mass is 9.94. The smallest absolute Gasteiger partial charge is 0.148 e. The van der Waals surface area contributed by atoms with Crippen molar-refractivity contribution in [3.8, 4) is 0 Å². The monoisotopic (exact) mass is 173 g/mol. The lowest BCUT2D eigenvalue weighted by Crippen LogP contribution is -2.18. The minimum atomic E-state index is 0.345. The van der Waals surface area contributed by atoms with Crippen LogP contribution in [-0.2, 0) is 0 Å². The summed E-state index contributed by atoms with van der Waals surface area (Å²) in [5, 5.41) is 0.345. The average Bonchev–Trinajstić information content (AvgIpc) is 1.94. The summed E-state index contributed by atoms with van der Waals surface area (Å²) in [6.45, 7) is 0. The second kappa shape index (κ2) is 3.62. The van der Waals surface area contributed by atoms with Gasteiger partial charge in [-0.2, -0.15) is 0 Å². The van der Waals surface area contributed by atoms with Gasteiger partial charge in [-0.1, -0.05) is 11.6 Å². The minimum Gasteiger partial charge on any atom is -0.403 e. The zero-order valence-corrected chi connectivity index (χ0v) is 7.01. The van der Waals surface area contributed by atoms with Crippen molar-refractivity contribution in [3.05, 3.63) is 11.9 Å². The molecule has 0 saturated heterocycles. The maximum Gasteiger partial charge on any atom is 0.148 e. The number of nitrogens with zero attached hydrogens (tertiary/aromatic N) is 1. The third-order valence-electron chi connectivity index (χ3n) is 1.79. The van der Waals surface area contributed by atoms with E-state index >= 15 is 0 Å². The zero-order chi connectivity index (χ0) is 8.27. The van der Waals surface area contributed by atoms with Crippen molar-refractivity contribution >= 4 is 16.8 Å². The van der Waals surface area contributed by atoms with Gasteiger partial charge in [0.05, 0.1) is 11.7 Å². The van der Waals surface area contributed by atoms with Crippen molar-refractivity contribution in [2.45, 2.75) is 25.3 Å². The molecular weight excluding hydrogens is 162 g/mol. The second-order valence-electron chi connectivity index (χ2n) is 2.63. The number of aliphatic imine (C=N–C) groups is 1. The summed E-state index contributed by atoms with van der Waals surface area (Å²) in [4.78, 5) is 4.16. The fraction of sp³-hybridized carbons (Fsp3) is 0.571. The van der Waals surface area contributed by atoms with Gasteiger partial charge in [0.25, 0.3) is 0 Å². The van der Waals surface area contributed by atoms with E-state index in [0.29, 0.717) is 16.9 Å². The quantitative estimate of drug-likeness (QED) is 0.611. The van der Waals surface area contributed by atoms with Crippen LogP contribution in [-0.4, -0.2) is 11.2 Å². The van der Waals surface area contributed by atoms with Gasteiger partial charge in [-0.3, -0.25) is 4.99 Å². The third kappa shape index (κ3) is 2.12. The molecule has 0 aromatic carbocycles. The highest BCUT2D eigenvalue weighted by atomic mass is 35.5. The molecule has 0 atom stereocenters. The van der Waals surface area contributed by atoms with E-state index < -0.39 is 0 Å². The average molecular weight is 174 g/mol. The van der Waals surface area contributed by atoms with Crippen LogP contribution in [0.1, 0.15) is 19.3 Å². The number of hydrogen-bond acceptors (Lipinski definition) is 3. The van der Waals surface area contributed by atoms with Crippen LogP contribution < -0.4 is 11.5 Å². The fourth-order valence-electron chi connectivity index (χ4n) is 0.819. The number of allylic oxidation sites excluding steroid dienone is 1. The van der Waals surface area contributed by atoms with E-state index in [1.165, 1.54) is 12.6 Å². The highest BCUT2D eigenvalue weighted by molar-refractivity contribution is 6.69. The summed E-state index contributed by atoms with van der Waals surface area (Å²) < 4.78 is 0. The molecular formula is C7H12ClN3. The van der Waals surface area contributed by atoms with E-state index in [2.05, 4.69) is 4.99 Å². The molecule has 1 fully saturated rings. The molecule has 0 aromatic rings. The highest BCUT2D eigenvalue weighted by Gasteiger charge is 2.16. The molecule has 0 bridgehead atoms. The lowest BCUT2D eigenvalue weighted by Gasteiger charge is -2.21. The van der Waals surface area contributed by atoms with Crippen molar-refractivity contribution in [1.82, 2.24) is 0 Å². The van der Waals surface area contributed by atoms with Gasteiger partial charge >= 0.3 is 0 Å². The Labute approximate surface area is 71.1 Å². The Morgan fingerprint density at radius 3 is 2.55 bits per heavy atom. The summed E-state index contributed by atoms with van der Waals surface area (Å²) in [7, 11) is 0. The lowest BCUT2D eigenvalue weighted by molar-refractivity contribution is 0.421. The summed E-state index contributed by atoms with van der Waals surface area (Å²) in [5.74, 6) is 0. The minimum absolute atomic E-state index is 0.345. The second-order valence-corrected chi connectivity index (χ2v) is 2.98. The first-order valence-corrected chi connectivity index (χ1v) is 4.03. The summed E-state index contributed by atoms with van der Waals surface area (Å²) in [6, 6.07) is 0.376. The number of rotatable bonds is 2. The topological polar surface area (TPSA) is 64.4 Å². The van der Waals surface area contributed by atoms with Crippen LogP contribution in [0.4, 0.5) is 0 Å². The Morgan fingerprint density at radius 2 is 2.18 bits per heavy atom. The molecule has 4 N–H and O–H groups in total. The Bertz CT molecular complexity index is 194. The predicted octanol–water partition coefficient (Wildman–Crippen LogP) is 0.935. The van der Waals surface area contributed by atoms with E-state index in [-0.39, 0.29) is 0 Å². The van der Waals surface area contributed by atoms with Gasteiger partial charge in [0.2, 0.25) is 0 Å². The van der Waals surface area contributed by atoms with E-state index in [0.717, 1.165) is 12.8 Å². The maximum atomic E-state index is 5.72. The Hall–Kier alpha value is -0.700. The Kier molecular flexibility index (Phi) is 2.76. The molecule has 0 heterocycles. The van der Waals surface area contributed by atoms with Gasteiger partial charge in [-0.15, -0.1) is 0 Å². The molecule has 0 unspecified atom stereocenters. The number of hydrogen-bond donors (Lipinski definition) is 2. The molecule has 1 saturated carbocycles. The van der Waals surface area contributed by atoms with Gasteiger partial charge in [0, 0.05) is 6.20 Å². The highest BCUT2D eigenvalue weighted by Crippen LogP contribution is 2.22. The molecule has 62 valence electrons. The van der Waals surface area contributed by atoms with Crippen molar-refractivity contribution in [3.63, 3.8) is 0 Å². The fourth-order valence-corrected chi connectivity index (χ4v) is 1.02. The summed E-state index contributed by atoms with van der Waals surface area (Å²) in [6.07, 6.45) is 4.75. The van der Waals surface area contributed by atoms with Crippen LogP contribution in [0.15, 0.2) is 16.9 Å². The van der Waals surface area contributed by atoms with E-state index in [1.807, 2.05) is 0 Å². The molecule has 4 heteroatoms. The van der Waals surface area contributed by atoms with Crippen molar-refractivity contribution < 1.29 is 0 Å². The van der Waals surface area contributed by atoms with Crippen molar-refractivity contribution in [2.75, 3.05) is 0 Å².